The van der Waals surface area contributed by atoms with Gasteiger partial charge in [0.1, 0.15) is 11.6 Å². The van der Waals surface area contributed by atoms with Crippen LogP contribution in [0.15, 0.2) is 71.6 Å². The molecule has 4 rings (SSSR count). The second-order valence-corrected chi connectivity index (χ2v) is 10.2. The first-order valence-electron chi connectivity index (χ1n) is 10.4. The van der Waals surface area contributed by atoms with E-state index in [9.17, 15) is 22.0 Å². The van der Waals surface area contributed by atoms with E-state index in [1.807, 2.05) is 0 Å². The molecule has 1 atom stereocenters. The van der Waals surface area contributed by atoms with Crippen molar-refractivity contribution in [2.45, 2.75) is 17.7 Å². The van der Waals surface area contributed by atoms with Gasteiger partial charge in [0.25, 0.3) is 0 Å². The van der Waals surface area contributed by atoms with Gasteiger partial charge in [0.2, 0.25) is 15.9 Å². The third-order valence-corrected chi connectivity index (χ3v) is 7.73. The molecule has 0 spiro atoms. The molecule has 1 amide bonds. The molecule has 9 heteroatoms. The van der Waals surface area contributed by atoms with Crippen molar-refractivity contribution < 1.29 is 22.0 Å². The first-order chi connectivity index (χ1) is 15.8. The van der Waals surface area contributed by atoms with Gasteiger partial charge in [0, 0.05) is 29.7 Å². The number of nitrogens with one attached hydrogen (secondary N) is 1. The summed E-state index contributed by atoms with van der Waals surface area (Å²) in [4.78, 5) is 13.1. The highest BCUT2D eigenvalue weighted by molar-refractivity contribution is 7.89. The SMILES string of the molecule is O=C(Nc1c(F)cc(F)cc1-c1ccccc1)C1CCCN(S(=O)(=O)c2ccc(Cl)cc2)C1. The quantitative estimate of drug-likeness (QED) is 0.526. The molecule has 1 N–H and O–H groups in total. The molecule has 1 aliphatic rings. The van der Waals surface area contributed by atoms with E-state index in [4.69, 9.17) is 11.6 Å². The summed E-state index contributed by atoms with van der Waals surface area (Å²) in [5, 5.41) is 2.99. The van der Waals surface area contributed by atoms with E-state index in [1.54, 1.807) is 30.3 Å². The monoisotopic (exact) mass is 490 g/mol. The van der Waals surface area contributed by atoms with Gasteiger partial charge >= 0.3 is 0 Å². The predicted octanol–water partition coefficient (Wildman–Crippen LogP) is 5.32. The van der Waals surface area contributed by atoms with Gasteiger partial charge in [-0.2, -0.15) is 4.31 Å². The maximum atomic E-state index is 14.7. The highest BCUT2D eigenvalue weighted by atomic mass is 35.5. The van der Waals surface area contributed by atoms with E-state index in [1.165, 1.54) is 28.6 Å². The Balaban J connectivity index is 1.57. The number of carbonyl (C=O) groups is 1. The van der Waals surface area contributed by atoms with Crippen LogP contribution >= 0.6 is 11.6 Å². The van der Waals surface area contributed by atoms with Crippen LogP contribution in [-0.4, -0.2) is 31.7 Å². The van der Waals surface area contributed by atoms with E-state index >= 15 is 0 Å². The number of amides is 1. The molecule has 0 aromatic heterocycles. The van der Waals surface area contributed by atoms with Crippen LogP contribution in [0.3, 0.4) is 0 Å². The average Bonchev–Trinajstić information content (AvgIpc) is 2.81. The predicted molar refractivity (Wildman–Crippen MR) is 123 cm³/mol. The summed E-state index contributed by atoms with van der Waals surface area (Å²) in [6.45, 7) is 0.231. The van der Waals surface area contributed by atoms with E-state index in [-0.39, 0.29) is 29.2 Å². The normalized spacial score (nSPS) is 17.0. The number of nitrogens with zero attached hydrogens (tertiary/aromatic N) is 1. The van der Waals surface area contributed by atoms with Gasteiger partial charge in [-0.25, -0.2) is 17.2 Å². The van der Waals surface area contributed by atoms with Gasteiger partial charge in [-0.3, -0.25) is 4.79 Å². The van der Waals surface area contributed by atoms with Gasteiger partial charge in [0.05, 0.1) is 16.5 Å². The fourth-order valence-electron chi connectivity index (χ4n) is 3.90. The summed E-state index contributed by atoms with van der Waals surface area (Å²) in [5.41, 5.74) is 0.620. The van der Waals surface area contributed by atoms with Crippen LogP contribution in [0.4, 0.5) is 14.5 Å². The lowest BCUT2D eigenvalue weighted by Gasteiger charge is -2.31. The summed E-state index contributed by atoms with van der Waals surface area (Å²) in [5.74, 6) is -2.87. The average molecular weight is 491 g/mol. The van der Waals surface area contributed by atoms with E-state index in [2.05, 4.69) is 5.32 Å². The standard InChI is InChI=1S/C24H21ClF2N2O3S/c25-18-8-10-20(11-9-18)33(31,32)29-12-4-7-17(15-29)24(30)28-23-21(13-19(26)14-22(23)27)16-5-2-1-3-6-16/h1-3,5-6,8-11,13-14,17H,4,7,12,15H2,(H,28,30). The van der Waals surface area contributed by atoms with Crippen LogP contribution in [0.1, 0.15) is 12.8 Å². The molecule has 33 heavy (non-hydrogen) atoms. The van der Waals surface area contributed by atoms with Crippen LogP contribution in [0.2, 0.25) is 5.02 Å². The Morgan fingerprint density at radius 2 is 1.73 bits per heavy atom. The fraction of sp³-hybridized carbons (Fsp3) is 0.208. The lowest BCUT2D eigenvalue weighted by molar-refractivity contribution is -0.120. The van der Waals surface area contributed by atoms with Gasteiger partial charge in [-0.05, 0) is 48.7 Å². The van der Waals surface area contributed by atoms with Gasteiger partial charge in [-0.15, -0.1) is 0 Å². The van der Waals surface area contributed by atoms with Crippen molar-refractivity contribution in [2.75, 3.05) is 18.4 Å². The van der Waals surface area contributed by atoms with Crippen molar-refractivity contribution in [3.05, 3.63) is 83.4 Å². The van der Waals surface area contributed by atoms with Gasteiger partial charge in [-0.1, -0.05) is 41.9 Å². The molecule has 0 radical (unpaired) electrons. The molecule has 172 valence electrons. The third-order valence-electron chi connectivity index (χ3n) is 5.59. The summed E-state index contributed by atoms with van der Waals surface area (Å²) >= 11 is 5.85. The lowest BCUT2D eigenvalue weighted by atomic mass is 9.97. The van der Waals surface area contributed by atoms with Crippen molar-refractivity contribution in [1.82, 2.24) is 4.31 Å². The van der Waals surface area contributed by atoms with E-state index in [0.717, 1.165) is 6.07 Å². The topological polar surface area (TPSA) is 66.5 Å². The highest BCUT2D eigenvalue weighted by Gasteiger charge is 2.34. The number of rotatable bonds is 5. The number of carbonyl (C=O) groups excluding carboxylic acids is 1. The van der Waals surface area contributed by atoms with Crippen LogP contribution in [0.25, 0.3) is 11.1 Å². The van der Waals surface area contributed by atoms with Crippen LogP contribution in [0, 0.1) is 17.6 Å². The number of halogens is 3. The molecule has 1 heterocycles. The Bertz CT molecular complexity index is 1270. The Labute approximate surface area is 196 Å². The molecule has 1 fully saturated rings. The highest BCUT2D eigenvalue weighted by Crippen LogP contribution is 2.33. The molecule has 1 saturated heterocycles. The zero-order valence-corrected chi connectivity index (χ0v) is 19.0. The first kappa shape index (κ1) is 23.4. The molecule has 1 unspecified atom stereocenters. The van der Waals surface area contributed by atoms with E-state index in [0.29, 0.717) is 29.5 Å². The zero-order chi connectivity index (χ0) is 23.6. The van der Waals surface area contributed by atoms with Crippen LogP contribution in [0.5, 0.6) is 0 Å². The largest absolute Gasteiger partial charge is 0.323 e. The summed E-state index contributed by atoms with van der Waals surface area (Å²) < 4.78 is 55.9. The molecule has 3 aromatic rings. The van der Waals surface area contributed by atoms with Crippen molar-refractivity contribution in [1.29, 1.82) is 0 Å². The van der Waals surface area contributed by atoms with Gasteiger partial charge in [0.15, 0.2) is 0 Å². The Morgan fingerprint density at radius 1 is 1.03 bits per heavy atom. The minimum absolute atomic E-state index is 0.0414. The first-order valence-corrected chi connectivity index (χ1v) is 12.2. The number of piperidine rings is 1. The molecule has 0 bridgehead atoms. The second-order valence-electron chi connectivity index (χ2n) is 7.82. The molecule has 1 aliphatic heterocycles. The lowest BCUT2D eigenvalue weighted by Crippen LogP contribution is -2.43. The van der Waals surface area contributed by atoms with Crippen molar-refractivity contribution in [3.63, 3.8) is 0 Å². The smallest absolute Gasteiger partial charge is 0.243 e. The number of hydrogen-bond donors (Lipinski definition) is 1. The summed E-state index contributed by atoms with van der Waals surface area (Å²) in [7, 11) is -3.81. The summed E-state index contributed by atoms with van der Waals surface area (Å²) in [6, 6.07) is 16.3. The minimum Gasteiger partial charge on any atom is -0.323 e. The number of hydrogen-bond acceptors (Lipinski definition) is 3. The number of benzene rings is 3. The maximum absolute atomic E-state index is 14.7. The molecule has 5 nitrogen and oxygen atoms in total. The fourth-order valence-corrected chi connectivity index (χ4v) is 5.55. The number of anilines is 1. The van der Waals surface area contributed by atoms with E-state index < -0.39 is 33.5 Å². The van der Waals surface area contributed by atoms with Crippen LogP contribution < -0.4 is 5.32 Å². The van der Waals surface area contributed by atoms with Crippen molar-refractivity contribution in [2.24, 2.45) is 5.92 Å². The summed E-state index contributed by atoms with van der Waals surface area (Å²) in [6.07, 6.45) is 0.921. The molecule has 3 aromatic carbocycles. The van der Waals surface area contributed by atoms with Crippen LogP contribution in [-0.2, 0) is 14.8 Å². The third kappa shape index (κ3) is 5.08. The van der Waals surface area contributed by atoms with Crippen molar-refractivity contribution in [3.8, 4) is 11.1 Å². The second kappa shape index (κ2) is 9.59. The Hall–Kier alpha value is -2.81. The molecular weight excluding hydrogens is 470 g/mol. The maximum Gasteiger partial charge on any atom is 0.243 e. The molecular formula is C24H21ClF2N2O3S. The van der Waals surface area contributed by atoms with Gasteiger partial charge < -0.3 is 5.32 Å². The Kier molecular flexibility index (Phi) is 6.78. The zero-order valence-electron chi connectivity index (χ0n) is 17.5. The minimum atomic E-state index is -3.81. The molecule has 0 aliphatic carbocycles. The Morgan fingerprint density at radius 3 is 2.42 bits per heavy atom. The molecule has 0 saturated carbocycles. The van der Waals surface area contributed by atoms with Crippen molar-refractivity contribution >= 4 is 33.2 Å². The number of sulfonamides is 1.